The molecule has 0 atom stereocenters. The van der Waals surface area contributed by atoms with Crippen LogP contribution in [0, 0.1) is 0 Å². The van der Waals surface area contributed by atoms with Crippen LogP contribution >= 0.6 is 0 Å². The number of anilines is 3. The summed E-state index contributed by atoms with van der Waals surface area (Å²) in [4.78, 5) is 6.32. The van der Waals surface area contributed by atoms with Crippen molar-refractivity contribution in [1.82, 2.24) is 4.98 Å². The Morgan fingerprint density at radius 2 is 0.754 bits per heavy atom. The zero-order valence-electron chi connectivity index (χ0n) is 36.5. The summed E-state index contributed by atoms with van der Waals surface area (Å²) in [6.07, 6.45) is 0. The van der Waals surface area contributed by atoms with Gasteiger partial charge in [0.25, 0.3) is 0 Å². The van der Waals surface area contributed by atoms with Crippen LogP contribution in [0.3, 0.4) is 0 Å². The van der Waals surface area contributed by atoms with Crippen LogP contribution < -0.4 is 4.90 Å². The number of fused-ring (bicyclic) bond motifs is 6. The highest BCUT2D eigenvalue weighted by molar-refractivity contribution is 6.18. The quantitative estimate of drug-likeness (QED) is 0.162. The first kappa shape index (κ1) is 38.5. The largest absolute Gasteiger partial charge is 0.353 e. The summed E-state index contributed by atoms with van der Waals surface area (Å²) < 4.78 is 0. The molecule has 1 N–H and O–H groups in total. The van der Waals surface area contributed by atoms with Crippen molar-refractivity contribution in [2.75, 3.05) is 4.90 Å². The molecule has 0 fully saturated rings. The molecule has 2 nitrogen and oxygen atoms in total. The fourth-order valence-corrected chi connectivity index (χ4v) is 10.3. The van der Waals surface area contributed by atoms with Crippen LogP contribution in [0.1, 0.15) is 25.0 Å². The first-order chi connectivity index (χ1) is 32.0. The highest BCUT2D eigenvalue weighted by Gasteiger charge is 2.36. The second-order valence-corrected chi connectivity index (χ2v) is 17.8. The Hall–Kier alpha value is -8.20. The standard InChI is InChI=1S/C63H46N2/c1-63(2)58-39-48(56-41-57-60(46-21-11-5-12-22-46)61(47-23-13-6-14-24-47)64-62(57)55-26-16-15-25-52(55)56)31-37-53(58)54-38-36-51(40-59(54)63)65(49-32-27-44(28-33-49)42-17-7-3-8-18-42)50-34-29-45(30-35-50)43-19-9-4-10-20-43/h3-41,64H,1-2H3. The number of rotatable bonds is 8. The average molecular weight is 831 g/mol. The highest BCUT2D eigenvalue weighted by atomic mass is 15.1. The monoisotopic (exact) mass is 830 g/mol. The Kier molecular flexibility index (Phi) is 9.21. The number of benzene rings is 10. The molecule has 1 aliphatic rings. The summed E-state index contributed by atoms with van der Waals surface area (Å²) in [6.45, 7) is 4.79. The second-order valence-electron chi connectivity index (χ2n) is 17.8. The molecule has 2 heteroatoms. The van der Waals surface area contributed by atoms with Crippen molar-refractivity contribution in [3.63, 3.8) is 0 Å². The summed E-state index contributed by atoms with van der Waals surface area (Å²) in [7, 11) is 0. The van der Waals surface area contributed by atoms with Crippen LogP contribution in [0.4, 0.5) is 17.1 Å². The van der Waals surface area contributed by atoms with Crippen molar-refractivity contribution in [2.24, 2.45) is 0 Å². The van der Waals surface area contributed by atoms with Crippen molar-refractivity contribution in [1.29, 1.82) is 0 Å². The van der Waals surface area contributed by atoms with E-state index >= 15 is 0 Å². The highest BCUT2D eigenvalue weighted by Crippen LogP contribution is 2.53. The lowest BCUT2D eigenvalue weighted by Gasteiger charge is -2.28. The number of H-pyrrole nitrogens is 1. The lowest BCUT2D eigenvalue weighted by Crippen LogP contribution is -2.16. The molecule has 0 radical (unpaired) electrons. The topological polar surface area (TPSA) is 19.0 Å². The van der Waals surface area contributed by atoms with Crippen molar-refractivity contribution < 1.29 is 0 Å². The van der Waals surface area contributed by atoms with E-state index in [1.54, 1.807) is 0 Å². The third-order valence-electron chi connectivity index (χ3n) is 13.6. The summed E-state index contributed by atoms with van der Waals surface area (Å²) in [5, 5.41) is 3.69. The molecule has 0 spiro atoms. The van der Waals surface area contributed by atoms with Gasteiger partial charge in [-0.3, -0.25) is 0 Å². The molecule has 1 heterocycles. The molecular formula is C63H46N2. The molecule has 12 rings (SSSR count). The smallest absolute Gasteiger partial charge is 0.0545 e. The molecule has 0 amide bonds. The maximum atomic E-state index is 3.92. The Labute approximate surface area is 380 Å². The Morgan fingerprint density at radius 3 is 1.32 bits per heavy atom. The maximum Gasteiger partial charge on any atom is 0.0545 e. The minimum absolute atomic E-state index is 0.250. The minimum atomic E-state index is -0.250. The molecule has 0 saturated heterocycles. The number of hydrogen-bond acceptors (Lipinski definition) is 1. The van der Waals surface area contributed by atoms with Crippen LogP contribution in [-0.2, 0) is 5.41 Å². The molecule has 0 saturated carbocycles. The van der Waals surface area contributed by atoms with E-state index in [0.29, 0.717) is 0 Å². The van der Waals surface area contributed by atoms with E-state index in [9.17, 15) is 0 Å². The molecule has 0 aliphatic heterocycles. The number of aromatic amines is 1. The van der Waals surface area contributed by atoms with E-state index in [1.165, 1.54) is 88.5 Å². The van der Waals surface area contributed by atoms with Crippen molar-refractivity contribution in [3.8, 4) is 66.9 Å². The molecule has 11 aromatic rings. The van der Waals surface area contributed by atoms with Gasteiger partial charge >= 0.3 is 0 Å². The van der Waals surface area contributed by atoms with E-state index < -0.39 is 0 Å². The molecule has 65 heavy (non-hydrogen) atoms. The normalized spacial score (nSPS) is 12.6. The molecular weight excluding hydrogens is 785 g/mol. The predicted molar refractivity (Wildman–Crippen MR) is 275 cm³/mol. The molecule has 308 valence electrons. The van der Waals surface area contributed by atoms with Crippen LogP contribution in [-0.4, -0.2) is 4.98 Å². The summed E-state index contributed by atoms with van der Waals surface area (Å²) >= 11 is 0. The van der Waals surface area contributed by atoms with Gasteiger partial charge in [0.05, 0.1) is 11.2 Å². The molecule has 1 aliphatic carbocycles. The first-order valence-corrected chi connectivity index (χ1v) is 22.6. The predicted octanol–water partition coefficient (Wildman–Crippen LogP) is 17.4. The van der Waals surface area contributed by atoms with Gasteiger partial charge in [0.2, 0.25) is 0 Å². The molecule has 0 bridgehead atoms. The third kappa shape index (κ3) is 6.57. The lowest BCUT2D eigenvalue weighted by molar-refractivity contribution is 0.660. The van der Waals surface area contributed by atoms with Crippen molar-refractivity contribution in [2.45, 2.75) is 19.3 Å². The van der Waals surface area contributed by atoms with Crippen LogP contribution in [0.2, 0.25) is 0 Å². The second kappa shape index (κ2) is 15.6. The van der Waals surface area contributed by atoms with Gasteiger partial charge in [0.1, 0.15) is 0 Å². The number of nitrogens with zero attached hydrogens (tertiary/aromatic N) is 1. The van der Waals surface area contributed by atoms with Gasteiger partial charge in [-0.1, -0.05) is 202 Å². The number of hydrogen-bond donors (Lipinski definition) is 1. The fraction of sp³-hybridized carbons (Fsp3) is 0.0476. The van der Waals surface area contributed by atoms with Gasteiger partial charge < -0.3 is 9.88 Å². The fourth-order valence-electron chi connectivity index (χ4n) is 10.3. The van der Waals surface area contributed by atoms with Crippen molar-refractivity contribution in [3.05, 3.63) is 248 Å². The molecule has 10 aromatic carbocycles. The van der Waals surface area contributed by atoms with Gasteiger partial charge in [-0.05, 0) is 121 Å². The summed E-state index contributed by atoms with van der Waals surface area (Å²) in [5.41, 5.74) is 21.6. The summed E-state index contributed by atoms with van der Waals surface area (Å²) in [6, 6.07) is 86.3. The van der Waals surface area contributed by atoms with Gasteiger partial charge in [0, 0.05) is 38.8 Å². The zero-order chi connectivity index (χ0) is 43.5. The lowest BCUT2D eigenvalue weighted by atomic mass is 9.81. The average Bonchev–Trinajstić information content (AvgIpc) is 3.87. The Morgan fingerprint density at radius 1 is 0.323 bits per heavy atom. The van der Waals surface area contributed by atoms with E-state index in [1.807, 2.05) is 0 Å². The first-order valence-electron chi connectivity index (χ1n) is 22.6. The van der Waals surface area contributed by atoms with Gasteiger partial charge in [0.15, 0.2) is 0 Å². The summed E-state index contributed by atoms with van der Waals surface area (Å²) in [5.74, 6) is 0. The number of aromatic nitrogens is 1. The van der Waals surface area contributed by atoms with E-state index in [4.69, 9.17) is 0 Å². The van der Waals surface area contributed by atoms with Crippen LogP contribution in [0.5, 0.6) is 0 Å². The van der Waals surface area contributed by atoms with Gasteiger partial charge in [-0.2, -0.15) is 0 Å². The zero-order valence-corrected chi connectivity index (χ0v) is 36.5. The van der Waals surface area contributed by atoms with E-state index in [0.717, 1.165) is 28.3 Å². The van der Waals surface area contributed by atoms with Crippen LogP contribution in [0.15, 0.2) is 237 Å². The third-order valence-corrected chi connectivity index (χ3v) is 13.6. The Balaban J connectivity index is 0.974. The minimum Gasteiger partial charge on any atom is -0.353 e. The number of nitrogens with one attached hydrogen (secondary N) is 1. The van der Waals surface area contributed by atoms with Crippen molar-refractivity contribution >= 4 is 38.7 Å². The van der Waals surface area contributed by atoms with E-state index in [-0.39, 0.29) is 5.41 Å². The van der Waals surface area contributed by atoms with E-state index in [2.05, 4.69) is 260 Å². The SMILES string of the molecule is CC1(C)c2cc(-c3cc4c(-c5ccccc5)c(-c5ccccc5)[nH]c4c4ccccc34)ccc2-c2ccc(N(c3ccc(-c4ccccc4)cc3)c3ccc(-c4ccccc4)cc3)cc21. The Bertz CT molecular complexity index is 3430. The van der Waals surface area contributed by atoms with Gasteiger partial charge in [-0.25, -0.2) is 0 Å². The molecule has 0 unspecified atom stereocenters. The maximum absolute atomic E-state index is 3.92. The van der Waals surface area contributed by atoms with Gasteiger partial charge in [-0.15, -0.1) is 0 Å². The molecule has 1 aromatic heterocycles. The van der Waals surface area contributed by atoms with Crippen LogP contribution in [0.25, 0.3) is 88.6 Å².